The molecule has 3 aromatic rings. The van der Waals surface area contributed by atoms with E-state index in [-0.39, 0.29) is 40.3 Å². The molecule has 172 valence electrons. The first-order valence-corrected chi connectivity index (χ1v) is 12.1. The molecular weight excluding hydrogens is 693 g/mol. The Kier molecular flexibility index (Phi) is 7.48. The minimum absolute atomic E-state index is 0.0256. The molecule has 7 nitrogen and oxygen atoms in total. The minimum atomic E-state index is -0.700. The smallest absolute Gasteiger partial charge is 0.363 e. The van der Waals surface area contributed by atoms with E-state index in [4.69, 9.17) is 21.1 Å². The molecule has 0 aromatic heterocycles. The molecule has 0 bridgehead atoms. The molecular formula is C23H12ClFI2N2O5. The lowest BCUT2D eigenvalue weighted by atomic mass is 10.2. The summed E-state index contributed by atoms with van der Waals surface area (Å²) in [5, 5.41) is 11.2. The second-order valence-electron chi connectivity index (χ2n) is 6.99. The molecule has 0 unspecified atom stereocenters. The molecule has 11 heteroatoms. The lowest BCUT2D eigenvalue weighted by molar-refractivity contribution is -0.384. The summed E-state index contributed by atoms with van der Waals surface area (Å²) < 4.78 is 26.0. The molecule has 4 rings (SSSR count). The standard InChI is InChI=1S/C23H12ClFI2N2O5/c24-17-5-4-15(29(31)32)10-16(17)22-28-20(23(30)34-22)9-13-7-18(26)21(19(27)8-13)33-11-12-2-1-3-14(25)6-12/h1-10H,11H2/b20-9-. The van der Waals surface area contributed by atoms with Gasteiger partial charge in [0.2, 0.25) is 5.90 Å². The summed E-state index contributed by atoms with van der Waals surface area (Å²) in [5.41, 5.74) is 1.35. The van der Waals surface area contributed by atoms with Crippen LogP contribution in [0.25, 0.3) is 6.08 Å². The van der Waals surface area contributed by atoms with Crippen molar-refractivity contribution >= 4 is 80.4 Å². The summed E-state index contributed by atoms with van der Waals surface area (Å²) in [6.07, 6.45) is 1.54. The molecule has 0 radical (unpaired) electrons. The van der Waals surface area contributed by atoms with Crippen molar-refractivity contribution in [2.45, 2.75) is 6.61 Å². The highest BCUT2D eigenvalue weighted by Crippen LogP contribution is 2.32. The largest absolute Gasteiger partial charge is 0.487 e. The molecule has 0 saturated carbocycles. The zero-order valence-corrected chi connectivity index (χ0v) is 22.0. The van der Waals surface area contributed by atoms with Gasteiger partial charge in [0.15, 0.2) is 5.70 Å². The fourth-order valence-electron chi connectivity index (χ4n) is 3.06. The fourth-order valence-corrected chi connectivity index (χ4v) is 5.38. The van der Waals surface area contributed by atoms with E-state index in [0.29, 0.717) is 16.9 Å². The van der Waals surface area contributed by atoms with Gasteiger partial charge in [0.05, 0.1) is 22.6 Å². The van der Waals surface area contributed by atoms with Crippen molar-refractivity contribution in [3.63, 3.8) is 0 Å². The Balaban J connectivity index is 1.59. The molecule has 0 amide bonds. The van der Waals surface area contributed by atoms with Crippen LogP contribution in [0.4, 0.5) is 10.1 Å². The molecule has 0 spiro atoms. The van der Waals surface area contributed by atoms with Gasteiger partial charge in [-0.25, -0.2) is 14.2 Å². The number of nitrogens with zero attached hydrogens (tertiary/aromatic N) is 2. The summed E-state index contributed by atoms with van der Waals surface area (Å²) in [6, 6.07) is 13.6. The van der Waals surface area contributed by atoms with Crippen LogP contribution in [0.1, 0.15) is 16.7 Å². The van der Waals surface area contributed by atoms with Gasteiger partial charge in [-0.1, -0.05) is 23.7 Å². The summed E-state index contributed by atoms with van der Waals surface area (Å²) in [5.74, 6) is -0.505. The maximum absolute atomic E-state index is 13.4. The van der Waals surface area contributed by atoms with Crippen molar-refractivity contribution in [1.82, 2.24) is 0 Å². The van der Waals surface area contributed by atoms with Crippen LogP contribution in [0.5, 0.6) is 5.75 Å². The summed E-state index contributed by atoms with van der Waals surface area (Å²) in [4.78, 5) is 27.0. The number of halogens is 4. The Morgan fingerprint density at radius 1 is 1.15 bits per heavy atom. The second-order valence-corrected chi connectivity index (χ2v) is 9.72. The monoisotopic (exact) mass is 704 g/mol. The van der Waals surface area contributed by atoms with E-state index >= 15 is 0 Å². The highest BCUT2D eigenvalue weighted by Gasteiger charge is 2.27. The number of rotatable bonds is 6. The van der Waals surface area contributed by atoms with Crippen molar-refractivity contribution in [1.29, 1.82) is 0 Å². The van der Waals surface area contributed by atoms with Gasteiger partial charge in [0, 0.05) is 12.1 Å². The number of aliphatic imine (C=N–C) groups is 1. The van der Waals surface area contributed by atoms with Crippen molar-refractivity contribution in [3.8, 4) is 5.75 Å². The van der Waals surface area contributed by atoms with Crippen LogP contribution in [0.3, 0.4) is 0 Å². The van der Waals surface area contributed by atoms with Crippen LogP contribution in [-0.2, 0) is 16.1 Å². The Hall–Kier alpha value is -2.58. The van der Waals surface area contributed by atoms with E-state index in [1.54, 1.807) is 30.3 Å². The SMILES string of the molecule is O=C1OC(c2cc([N+](=O)[O-])ccc2Cl)=N/C1=C\c1cc(I)c(OCc2cccc(F)c2)c(I)c1. The summed E-state index contributed by atoms with van der Waals surface area (Å²) in [6.45, 7) is 0.203. The zero-order chi connectivity index (χ0) is 24.4. The molecule has 1 heterocycles. The first kappa shape index (κ1) is 24.5. The topological polar surface area (TPSA) is 91.0 Å². The van der Waals surface area contributed by atoms with Gasteiger partial charge in [-0.15, -0.1) is 0 Å². The van der Waals surface area contributed by atoms with E-state index in [2.05, 4.69) is 50.2 Å². The van der Waals surface area contributed by atoms with Gasteiger partial charge in [0.25, 0.3) is 5.69 Å². The van der Waals surface area contributed by atoms with Crippen LogP contribution >= 0.6 is 56.8 Å². The van der Waals surface area contributed by atoms with Gasteiger partial charge in [-0.3, -0.25) is 10.1 Å². The summed E-state index contributed by atoms with van der Waals surface area (Å²) in [7, 11) is 0. The number of hydrogen-bond acceptors (Lipinski definition) is 6. The number of ether oxygens (including phenoxy) is 2. The van der Waals surface area contributed by atoms with Crippen molar-refractivity contribution in [3.05, 3.63) is 105 Å². The quantitative estimate of drug-likeness (QED) is 0.0959. The highest BCUT2D eigenvalue weighted by molar-refractivity contribution is 14.1. The number of esters is 1. The van der Waals surface area contributed by atoms with Crippen LogP contribution < -0.4 is 4.74 Å². The van der Waals surface area contributed by atoms with Gasteiger partial charge in [-0.05, 0) is 92.7 Å². The number of nitro groups is 1. The Labute approximate surface area is 225 Å². The van der Waals surface area contributed by atoms with E-state index in [0.717, 1.165) is 7.14 Å². The zero-order valence-electron chi connectivity index (χ0n) is 16.9. The van der Waals surface area contributed by atoms with Gasteiger partial charge >= 0.3 is 5.97 Å². The molecule has 3 aromatic carbocycles. The maximum Gasteiger partial charge on any atom is 0.363 e. The van der Waals surface area contributed by atoms with E-state index in [9.17, 15) is 19.3 Å². The third-order valence-electron chi connectivity index (χ3n) is 4.61. The van der Waals surface area contributed by atoms with Crippen molar-refractivity contribution < 1.29 is 23.6 Å². The number of hydrogen-bond donors (Lipinski definition) is 0. The fraction of sp³-hybridized carbons (Fsp3) is 0.0435. The van der Waals surface area contributed by atoms with Crippen LogP contribution in [0.15, 0.2) is 65.3 Å². The molecule has 0 N–H and O–H groups in total. The van der Waals surface area contributed by atoms with Crippen LogP contribution in [-0.4, -0.2) is 16.8 Å². The summed E-state index contributed by atoms with van der Waals surface area (Å²) >= 11 is 10.4. The average molecular weight is 705 g/mol. The Bertz CT molecular complexity index is 1370. The number of cyclic esters (lactones) is 1. The molecule has 0 aliphatic carbocycles. The Morgan fingerprint density at radius 2 is 1.88 bits per heavy atom. The number of non-ortho nitro benzene ring substituents is 1. The third-order valence-corrected chi connectivity index (χ3v) is 6.54. The molecule has 0 saturated heterocycles. The lowest BCUT2D eigenvalue weighted by Crippen LogP contribution is -2.06. The molecule has 0 fully saturated rings. The highest BCUT2D eigenvalue weighted by atomic mass is 127. The first-order valence-electron chi connectivity index (χ1n) is 9.54. The van der Waals surface area contributed by atoms with E-state index in [1.807, 2.05) is 0 Å². The maximum atomic E-state index is 13.4. The lowest BCUT2D eigenvalue weighted by Gasteiger charge is -2.11. The molecule has 0 atom stereocenters. The number of carbonyl (C=O) groups is 1. The predicted octanol–water partition coefficient (Wildman–Crippen LogP) is 6.52. The average Bonchev–Trinajstić information content (AvgIpc) is 3.13. The van der Waals surface area contributed by atoms with Crippen LogP contribution in [0.2, 0.25) is 5.02 Å². The number of carbonyl (C=O) groups excluding carboxylic acids is 1. The van der Waals surface area contributed by atoms with E-state index in [1.165, 1.54) is 30.3 Å². The molecule has 34 heavy (non-hydrogen) atoms. The number of benzene rings is 3. The van der Waals surface area contributed by atoms with Crippen molar-refractivity contribution in [2.75, 3.05) is 0 Å². The molecule has 1 aliphatic rings. The van der Waals surface area contributed by atoms with E-state index < -0.39 is 10.9 Å². The first-order chi connectivity index (χ1) is 16.2. The Morgan fingerprint density at radius 3 is 2.56 bits per heavy atom. The third kappa shape index (κ3) is 5.55. The van der Waals surface area contributed by atoms with Crippen molar-refractivity contribution in [2.24, 2.45) is 4.99 Å². The van der Waals surface area contributed by atoms with Gasteiger partial charge in [-0.2, -0.15) is 0 Å². The second kappa shape index (κ2) is 10.4. The molecule has 1 aliphatic heterocycles. The number of nitro benzene ring substituents is 1. The normalized spacial score (nSPS) is 14.2. The van der Waals surface area contributed by atoms with Gasteiger partial charge < -0.3 is 9.47 Å². The van der Waals surface area contributed by atoms with Gasteiger partial charge in [0.1, 0.15) is 18.2 Å². The van der Waals surface area contributed by atoms with Crippen LogP contribution in [0, 0.1) is 23.1 Å². The minimum Gasteiger partial charge on any atom is -0.487 e. The predicted molar refractivity (Wildman–Crippen MR) is 141 cm³/mol.